The van der Waals surface area contributed by atoms with Crippen LogP contribution >= 0.6 is 11.8 Å². The van der Waals surface area contributed by atoms with Crippen molar-refractivity contribution in [3.8, 4) is 0 Å². The van der Waals surface area contributed by atoms with Crippen molar-refractivity contribution in [1.29, 1.82) is 0 Å². The Balaban J connectivity index is 2.10. The van der Waals surface area contributed by atoms with Gasteiger partial charge in [0.1, 0.15) is 5.82 Å². The molecule has 0 atom stereocenters. The van der Waals surface area contributed by atoms with Gasteiger partial charge in [0.05, 0.1) is 0 Å². The zero-order valence-corrected chi connectivity index (χ0v) is 14.5. The fourth-order valence-electron chi connectivity index (χ4n) is 1.87. The lowest BCUT2D eigenvalue weighted by molar-refractivity contribution is 0.424. The van der Waals surface area contributed by atoms with E-state index >= 15 is 0 Å². The highest BCUT2D eigenvalue weighted by molar-refractivity contribution is 7.99. The van der Waals surface area contributed by atoms with Gasteiger partial charge < -0.3 is 9.88 Å². The van der Waals surface area contributed by atoms with E-state index in [0.29, 0.717) is 0 Å². The highest BCUT2D eigenvalue weighted by Gasteiger charge is 2.11. The summed E-state index contributed by atoms with van der Waals surface area (Å²) in [5, 5.41) is 12.7. The van der Waals surface area contributed by atoms with E-state index in [1.165, 1.54) is 16.0 Å². The third-order valence-corrected chi connectivity index (χ3v) is 4.41. The molecule has 0 aliphatic rings. The predicted molar refractivity (Wildman–Crippen MR) is 87.6 cm³/mol. The van der Waals surface area contributed by atoms with Gasteiger partial charge in [-0.2, -0.15) is 0 Å². The minimum atomic E-state index is 0.135. The van der Waals surface area contributed by atoms with Gasteiger partial charge in [-0.05, 0) is 69.6 Å². The van der Waals surface area contributed by atoms with Gasteiger partial charge in [-0.1, -0.05) is 6.07 Å². The Kier molecular flexibility index (Phi) is 4.74. The monoisotopic (exact) mass is 304 g/mol. The Bertz CT molecular complexity index is 626. The topological polar surface area (TPSA) is 42.7 Å². The normalized spacial score (nSPS) is 11.9. The molecule has 4 nitrogen and oxygen atoms in total. The van der Waals surface area contributed by atoms with Crippen LogP contribution in [0, 0.1) is 13.8 Å². The molecule has 0 saturated heterocycles. The van der Waals surface area contributed by atoms with Crippen molar-refractivity contribution in [2.24, 2.45) is 7.05 Å². The summed E-state index contributed by atoms with van der Waals surface area (Å²) in [6.45, 7) is 11.6. The van der Waals surface area contributed by atoms with Crippen molar-refractivity contribution in [2.45, 2.75) is 56.8 Å². The predicted octanol–water partition coefficient (Wildman–Crippen LogP) is 3.47. The van der Waals surface area contributed by atoms with Crippen LogP contribution in [0.2, 0.25) is 0 Å². The third kappa shape index (κ3) is 4.32. The molecule has 0 aliphatic heterocycles. The van der Waals surface area contributed by atoms with Gasteiger partial charge >= 0.3 is 0 Å². The third-order valence-electron chi connectivity index (χ3n) is 3.38. The molecule has 21 heavy (non-hydrogen) atoms. The van der Waals surface area contributed by atoms with Crippen molar-refractivity contribution in [3.05, 3.63) is 35.2 Å². The van der Waals surface area contributed by atoms with Crippen molar-refractivity contribution in [1.82, 2.24) is 20.1 Å². The summed E-state index contributed by atoms with van der Waals surface area (Å²) in [6, 6.07) is 6.56. The average molecular weight is 304 g/mol. The van der Waals surface area contributed by atoms with Crippen molar-refractivity contribution >= 4 is 11.8 Å². The van der Waals surface area contributed by atoms with Crippen LogP contribution in [-0.2, 0) is 13.6 Å². The van der Waals surface area contributed by atoms with E-state index in [1.54, 1.807) is 11.8 Å². The van der Waals surface area contributed by atoms with Crippen molar-refractivity contribution in [2.75, 3.05) is 0 Å². The van der Waals surface area contributed by atoms with Gasteiger partial charge in [0, 0.05) is 24.0 Å². The molecule has 0 unspecified atom stereocenters. The Morgan fingerprint density at radius 3 is 2.43 bits per heavy atom. The first-order chi connectivity index (χ1) is 9.76. The maximum atomic E-state index is 4.19. The Hall–Kier alpha value is -1.33. The lowest BCUT2D eigenvalue weighted by Crippen LogP contribution is -2.35. The fraction of sp³-hybridized carbons (Fsp3) is 0.500. The van der Waals surface area contributed by atoms with Gasteiger partial charge in [-0.25, -0.2) is 0 Å². The Morgan fingerprint density at radius 1 is 1.19 bits per heavy atom. The lowest BCUT2D eigenvalue weighted by Gasteiger charge is -2.21. The molecular formula is C16H24N4S. The molecule has 0 radical (unpaired) electrons. The first-order valence-electron chi connectivity index (χ1n) is 7.15. The lowest BCUT2D eigenvalue weighted by atomic mass is 10.1. The summed E-state index contributed by atoms with van der Waals surface area (Å²) in [5.41, 5.74) is 2.77. The van der Waals surface area contributed by atoms with Gasteiger partial charge in [0.15, 0.2) is 5.16 Å². The zero-order valence-electron chi connectivity index (χ0n) is 13.7. The maximum absolute atomic E-state index is 4.19. The first kappa shape index (κ1) is 16.0. The minimum Gasteiger partial charge on any atom is -0.309 e. The number of hydrogen-bond acceptors (Lipinski definition) is 4. The van der Waals surface area contributed by atoms with E-state index in [1.807, 2.05) is 18.5 Å². The number of aromatic nitrogens is 3. The average Bonchev–Trinajstić information content (AvgIpc) is 2.69. The second-order valence-corrected chi connectivity index (χ2v) is 7.42. The number of hydrogen-bond donors (Lipinski definition) is 1. The summed E-state index contributed by atoms with van der Waals surface area (Å²) in [7, 11) is 1.99. The van der Waals surface area contributed by atoms with E-state index in [-0.39, 0.29) is 5.54 Å². The minimum absolute atomic E-state index is 0.135. The smallest absolute Gasteiger partial charge is 0.195 e. The van der Waals surface area contributed by atoms with Gasteiger partial charge in [0.25, 0.3) is 0 Å². The largest absolute Gasteiger partial charge is 0.309 e. The van der Waals surface area contributed by atoms with Crippen LogP contribution in [0.1, 0.15) is 37.7 Å². The molecule has 2 aromatic rings. The van der Waals surface area contributed by atoms with E-state index in [9.17, 15) is 0 Å². The molecule has 5 heteroatoms. The van der Waals surface area contributed by atoms with Crippen molar-refractivity contribution < 1.29 is 0 Å². The number of benzene rings is 1. The van der Waals surface area contributed by atoms with Gasteiger partial charge in [-0.15, -0.1) is 10.2 Å². The van der Waals surface area contributed by atoms with Crippen LogP contribution in [0.5, 0.6) is 0 Å². The number of aryl methyl sites for hydroxylation is 2. The van der Waals surface area contributed by atoms with Crippen LogP contribution < -0.4 is 5.32 Å². The number of rotatable bonds is 4. The highest BCUT2D eigenvalue weighted by atomic mass is 32.2. The van der Waals surface area contributed by atoms with E-state index < -0.39 is 0 Å². The molecule has 1 aromatic carbocycles. The van der Waals surface area contributed by atoms with Crippen LogP contribution in [-0.4, -0.2) is 20.3 Å². The summed E-state index contributed by atoms with van der Waals surface area (Å²) in [6.07, 6.45) is 0. The summed E-state index contributed by atoms with van der Waals surface area (Å²) < 4.78 is 2.01. The second-order valence-electron chi connectivity index (χ2n) is 6.38. The first-order valence-corrected chi connectivity index (χ1v) is 7.96. The summed E-state index contributed by atoms with van der Waals surface area (Å²) in [4.78, 5) is 1.20. The molecule has 0 bridgehead atoms. The molecule has 0 amide bonds. The molecule has 1 N–H and O–H groups in total. The molecule has 0 saturated carbocycles. The highest BCUT2D eigenvalue weighted by Crippen LogP contribution is 2.27. The van der Waals surface area contributed by atoms with E-state index in [2.05, 4.69) is 61.4 Å². The molecule has 0 spiro atoms. The second kappa shape index (κ2) is 6.20. The van der Waals surface area contributed by atoms with Crippen LogP contribution in [0.25, 0.3) is 0 Å². The molecule has 1 aromatic heterocycles. The Morgan fingerprint density at radius 2 is 1.90 bits per heavy atom. The molecular weight excluding hydrogens is 280 g/mol. The standard InChI is InChI=1S/C16H24N4S/c1-11-9-14(21-15-19-18-12(2)20(15)6)8-7-13(11)10-17-16(3,4)5/h7-9,17H,10H2,1-6H3. The molecule has 0 aliphatic carbocycles. The molecule has 2 rings (SSSR count). The van der Waals surface area contributed by atoms with Crippen LogP contribution in [0.3, 0.4) is 0 Å². The van der Waals surface area contributed by atoms with Crippen LogP contribution in [0.4, 0.5) is 0 Å². The summed E-state index contributed by atoms with van der Waals surface area (Å²) >= 11 is 1.65. The van der Waals surface area contributed by atoms with Gasteiger partial charge in [0.2, 0.25) is 0 Å². The van der Waals surface area contributed by atoms with Crippen molar-refractivity contribution in [3.63, 3.8) is 0 Å². The molecule has 0 fully saturated rings. The van der Waals surface area contributed by atoms with E-state index in [0.717, 1.165) is 17.5 Å². The summed E-state index contributed by atoms with van der Waals surface area (Å²) in [5.74, 6) is 0.931. The SMILES string of the molecule is Cc1cc(Sc2nnc(C)n2C)ccc1CNC(C)(C)C. The maximum Gasteiger partial charge on any atom is 0.195 e. The van der Waals surface area contributed by atoms with Crippen LogP contribution in [0.15, 0.2) is 28.3 Å². The quantitative estimate of drug-likeness (QED) is 0.939. The van der Waals surface area contributed by atoms with Gasteiger partial charge in [-0.3, -0.25) is 0 Å². The Labute approximate surface area is 131 Å². The number of nitrogens with zero attached hydrogens (tertiary/aromatic N) is 3. The fourth-order valence-corrected chi connectivity index (χ4v) is 2.81. The van der Waals surface area contributed by atoms with E-state index in [4.69, 9.17) is 0 Å². The number of nitrogens with one attached hydrogen (secondary N) is 1. The zero-order chi connectivity index (χ0) is 15.6. The molecule has 1 heterocycles. The molecule has 114 valence electrons.